The van der Waals surface area contributed by atoms with Gasteiger partial charge >= 0.3 is 0 Å². The van der Waals surface area contributed by atoms with Crippen LogP contribution in [0, 0.1) is 17.8 Å². The van der Waals surface area contributed by atoms with Crippen LogP contribution in [-0.4, -0.2) is 54.5 Å². The Hall–Kier alpha value is -2.51. The number of anilines is 1. The standard InChI is InChI=1S/C26H35N5O2/c1-2-27-26(32)19-5-3-18(4-6-19)23-7-8-25(31-30-23)29-21-14-20-16-28-24(22(20)15-21)13-17-9-11-33-12-10-17/h3-8,17,20-22,24,28H,2,9-16H2,1H3,(H,27,32)(H,29,31)/t20-,21+,22+,24+/m1/s1. The van der Waals surface area contributed by atoms with Gasteiger partial charge in [0.05, 0.1) is 5.69 Å². The Balaban J connectivity index is 1.15. The molecule has 5 rings (SSSR count). The third kappa shape index (κ3) is 5.20. The molecule has 2 aromatic rings. The zero-order chi connectivity index (χ0) is 22.6. The number of rotatable bonds is 7. The van der Waals surface area contributed by atoms with Crippen LogP contribution in [0.25, 0.3) is 11.3 Å². The summed E-state index contributed by atoms with van der Waals surface area (Å²) >= 11 is 0. The number of aromatic nitrogens is 2. The van der Waals surface area contributed by atoms with Crippen molar-refractivity contribution in [2.75, 3.05) is 31.6 Å². The van der Waals surface area contributed by atoms with Crippen molar-refractivity contribution in [1.29, 1.82) is 0 Å². The monoisotopic (exact) mass is 449 g/mol. The van der Waals surface area contributed by atoms with Gasteiger partial charge in [0.15, 0.2) is 0 Å². The van der Waals surface area contributed by atoms with Gasteiger partial charge in [-0.15, -0.1) is 10.2 Å². The van der Waals surface area contributed by atoms with E-state index in [-0.39, 0.29) is 5.91 Å². The molecule has 4 atom stereocenters. The number of ether oxygens (including phenoxy) is 1. The predicted molar refractivity (Wildman–Crippen MR) is 129 cm³/mol. The molecule has 3 aliphatic rings. The molecule has 7 nitrogen and oxygen atoms in total. The van der Waals surface area contributed by atoms with Crippen LogP contribution in [0.4, 0.5) is 5.82 Å². The third-order valence-corrected chi connectivity index (χ3v) is 7.63. The summed E-state index contributed by atoms with van der Waals surface area (Å²) in [6.07, 6.45) is 6.13. The number of fused-ring (bicyclic) bond motifs is 1. The highest BCUT2D eigenvalue weighted by Gasteiger charge is 2.43. The molecule has 1 aliphatic carbocycles. The molecule has 176 valence electrons. The number of nitrogens with one attached hydrogen (secondary N) is 3. The second-order valence-electron chi connectivity index (χ2n) is 9.78. The van der Waals surface area contributed by atoms with Gasteiger partial charge in [0.25, 0.3) is 5.91 Å². The van der Waals surface area contributed by atoms with Gasteiger partial charge in [-0.3, -0.25) is 4.79 Å². The van der Waals surface area contributed by atoms with E-state index in [9.17, 15) is 4.79 Å². The molecule has 1 saturated carbocycles. The summed E-state index contributed by atoms with van der Waals surface area (Å²) in [5.41, 5.74) is 2.43. The number of carbonyl (C=O) groups excluding carboxylic acids is 1. The molecule has 3 heterocycles. The maximum Gasteiger partial charge on any atom is 0.251 e. The Morgan fingerprint density at radius 1 is 1.09 bits per heavy atom. The fourth-order valence-electron chi connectivity index (χ4n) is 5.88. The number of hydrogen-bond acceptors (Lipinski definition) is 6. The minimum absolute atomic E-state index is 0.0544. The molecular formula is C26H35N5O2. The van der Waals surface area contributed by atoms with Crippen molar-refractivity contribution >= 4 is 11.7 Å². The third-order valence-electron chi connectivity index (χ3n) is 7.63. The first-order valence-corrected chi connectivity index (χ1v) is 12.5. The van der Waals surface area contributed by atoms with Crippen LogP contribution in [0.1, 0.15) is 49.4 Å². The normalized spacial score (nSPS) is 27.3. The lowest BCUT2D eigenvalue weighted by atomic mass is 9.85. The first kappa shape index (κ1) is 22.3. The fraction of sp³-hybridized carbons (Fsp3) is 0.577. The van der Waals surface area contributed by atoms with Crippen LogP contribution in [0.2, 0.25) is 0 Å². The van der Waals surface area contributed by atoms with Gasteiger partial charge < -0.3 is 20.7 Å². The van der Waals surface area contributed by atoms with Gasteiger partial charge in [-0.1, -0.05) is 12.1 Å². The van der Waals surface area contributed by atoms with Crippen LogP contribution >= 0.6 is 0 Å². The number of nitrogens with zero attached hydrogens (tertiary/aromatic N) is 2. The molecule has 0 bridgehead atoms. The summed E-state index contributed by atoms with van der Waals surface area (Å²) in [6.45, 7) is 5.55. The highest BCUT2D eigenvalue weighted by atomic mass is 16.5. The quantitative estimate of drug-likeness (QED) is 0.600. The Kier molecular flexibility index (Phi) is 6.88. The van der Waals surface area contributed by atoms with E-state index in [0.29, 0.717) is 24.2 Å². The van der Waals surface area contributed by atoms with E-state index in [1.54, 1.807) is 0 Å². The van der Waals surface area contributed by atoms with E-state index in [4.69, 9.17) is 4.74 Å². The minimum Gasteiger partial charge on any atom is -0.381 e. The Labute approximate surface area is 196 Å². The number of amides is 1. The minimum atomic E-state index is -0.0544. The first-order chi connectivity index (χ1) is 16.2. The number of benzene rings is 1. The van der Waals surface area contributed by atoms with Crippen molar-refractivity contribution in [2.45, 2.75) is 51.1 Å². The van der Waals surface area contributed by atoms with Gasteiger partial charge in [0.1, 0.15) is 5.82 Å². The van der Waals surface area contributed by atoms with E-state index in [0.717, 1.165) is 54.6 Å². The summed E-state index contributed by atoms with van der Waals surface area (Å²) in [4.78, 5) is 11.9. The molecule has 33 heavy (non-hydrogen) atoms. The summed E-state index contributed by atoms with van der Waals surface area (Å²) in [5, 5.41) is 19.1. The number of carbonyl (C=O) groups is 1. The van der Waals surface area contributed by atoms with Gasteiger partial charge in [-0.05, 0) is 87.6 Å². The molecule has 1 aromatic heterocycles. The SMILES string of the molecule is CCNC(=O)c1ccc(-c2ccc(N[C@H]3C[C@@H]4CN[C@@H](CC5CCOCC5)[C@H]4C3)nn2)cc1. The topological polar surface area (TPSA) is 88.2 Å². The lowest BCUT2D eigenvalue weighted by Gasteiger charge is -2.27. The molecule has 0 unspecified atom stereocenters. The average Bonchev–Trinajstić information content (AvgIpc) is 3.41. The molecule has 0 radical (unpaired) electrons. The van der Waals surface area contributed by atoms with Crippen LogP contribution in [0.3, 0.4) is 0 Å². The van der Waals surface area contributed by atoms with Gasteiger partial charge in [-0.2, -0.15) is 0 Å². The van der Waals surface area contributed by atoms with Crippen molar-refractivity contribution in [3.8, 4) is 11.3 Å². The summed E-state index contributed by atoms with van der Waals surface area (Å²) in [7, 11) is 0. The highest BCUT2D eigenvalue weighted by Crippen LogP contribution is 2.41. The molecule has 7 heteroatoms. The first-order valence-electron chi connectivity index (χ1n) is 12.5. The molecule has 0 spiro atoms. The van der Waals surface area contributed by atoms with Crippen LogP contribution in [0.5, 0.6) is 0 Å². The molecule has 2 saturated heterocycles. The largest absolute Gasteiger partial charge is 0.381 e. The lowest BCUT2D eigenvalue weighted by Crippen LogP contribution is -2.33. The van der Waals surface area contributed by atoms with E-state index in [1.807, 2.05) is 43.3 Å². The molecule has 1 aromatic carbocycles. The second-order valence-corrected chi connectivity index (χ2v) is 9.78. The van der Waals surface area contributed by atoms with Crippen molar-refractivity contribution in [2.24, 2.45) is 17.8 Å². The fourth-order valence-corrected chi connectivity index (χ4v) is 5.88. The molecule has 3 N–H and O–H groups in total. The molecule has 2 aliphatic heterocycles. The van der Waals surface area contributed by atoms with E-state index in [2.05, 4.69) is 26.1 Å². The lowest BCUT2D eigenvalue weighted by molar-refractivity contribution is 0.0594. The number of hydrogen-bond donors (Lipinski definition) is 3. The van der Waals surface area contributed by atoms with E-state index < -0.39 is 0 Å². The smallest absolute Gasteiger partial charge is 0.251 e. The summed E-state index contributed by atoms with van der Waals surface area (Å²) in [6, 6.07) is 12.6. The Morgan fingerprint density at radius 3 is 2.64 bits per heavy atom. The van der Waals surface area contributed by atoms with Crippen molar-refractivity contribution in [1.82, 2.24) is 20.8 Å². The van der Waals surface area contributed by atoms with Gasteiger partial charge in [0, 0.05) is 43.0 Å². The molecular weight excluding hydrogens is 414 g/mol. The van der Waals surface area contributed by atoms with E-state index >= 15 is 0 Å². The summed E-state index contributed by atoms with van der Waals surface area (Å²) in [5.74, 6) is 3.14. The van der Waals surface area contributed by atoms with Crippen LogP contribution in [-0.2, 0) is 4.74 Å². The molecule has 3 fully saturated rings. The molecule has 1 amide bonds. The average molecular weight is 450 g/mol. The highest BCUT2D eigenvalue weighted by molar-refractivity contribution is 5.94. The predicted octanol–water partition coefficient (Wildman–Crippen LogP) is 3.49. The Morgan fingerprint density at radius 2 is 1.91 bits per heavy atom. The second kappa shape index (κ2) is 10.2. The van der Waals surface area contributed by atoms with Gasteiger partial charge in [-0.25, -0.2) is 0 Å². The van der Waals surface area contributed by atoms with Crippen LogP contribution < -0.4 is 16.0 Å². The summed E-state index contributed by atoms with van der Waals surface area (Å²) < 4.78 is 5.54. The van der Waals surface area contributed by atoms with Crippen LogP contribution in [0.15, 0.2) is 36.4 Å². The van der Waals surface area contributed by atoms with E-state index in [1.165, 1.54) is 32.1 Å². The Bertz CT molecular complexity index is 927. The maximum absolute atomic E-state index is 11.9. The van der Waals surface area contributed by atoms with Crippen molar-refractivity contribution in [3.05, 3.63) is 42.0 Å². The van der Waals surface area contributed by atoms with Crippen molar-refractivity contribution < 1.29 is 9.53 Å². The van der Waals surface area contributed by atoms with Gasteiger partial charge in [0.2, 0.25) is 0 Å². The zero-order valence-corrected chi connectivity index (χ0v) is 19.4. The zero-order valence-electron chi connectivity index (χ0n) is 19.4. The van der Waals surface area contributed by atoms with Crippen molar-refractivity contribution in [3.63, 3.8) is 0 Å². The maximum atomic E-state index is 11.9.